The van der Waals surface area contributed by atoms with E-state index in [2.05, 4.69) is 40.8 Å². The predicted molar refractivity (Wildman–Crippen MR) is 88.8 cm³/mol. The third-order valence-electron chi connectivity index (χ3n) is 4.58. The fourth-order valence-corrected chi connectivity index (χ4v) is 3.72. The molecule has 0 radical (unpaired) electrons. The largest absolute Gasteiger partial charge is 0.294 e. The minimum atomic E-state index is 0.627. The van der Waals surface area contributed by atoms with Crippen LogP contribution in [0.15, 0.2) is 24.3 Å². The van der Waals surface area contributed by atoms with E-state index in [9.17, 15) is 0 Å². The summed E-state index contributed by atoms with van der Waals surface area (Å²) in [7, 11) is 0. The van der Waals surface area contributed by atoms with E-state index in [1.807, 2.05) is 0 Å². The van der Waals surface area contributed by atoms with Crippen molar-refractivity contribution >= 4 is 22.5 Å². The highest BCUT2D eigenvalue weighted by molar-refractivity contribution is 6.17. The molecule has 1 aliphatic rings. The minimum absolute atomic E-state index is 0.627. The maximum Gasteiger partial charge on any atom is 0.0843 e. The molecule has 1 unspecified atom stereocenters. The van der Waals surface area contributed by atoms with Gasteiger partial charge < -0.3 is 0 Å². The molecule has 2 heterocycles. The van der Waals surface area contributed by atoms with E-state index in [4.69, 9.17) is 16.7 Å². The number of fused-ring (bicyclic) bond motifs is 1. The van der Waals surface area contributed by atoms with Crippen molar-refractivity contribution in [2.24, 2.45) is 0 Å². The Hall–Kier alpha value is -1.06. The topological polar surface area (TPSA) is 21.1 Å². The highest BCUT2D eigenvalue weighted by Crippen LogP contribution is 2.25. The van der Waals surface area contributed by atoms with Gasteiger partial charge in [0.15, 0.2) is 0 Å². The Labute approximate surface area is 131 Å². The predicted octanol–water partition coefficient (Wildman–Crippen LogP) is 4.04. The third kappa shape index (κ3) is 3.09. The van der Waals surface area contributed by atoms with E-state index >= 15 is 0 Å². The number of likely N-dealkylation sites (tertiary alicyclic amines) is 1. The van der Waals surface area contributed by atoms with E-state index in [1.54, 1.807) is 0 Å². The standard InChI is InChI=1S/C17H24ClN3/c1-2-21-17-9-4-3-8-15(17)16(19-21)13-20-12-6-5-7-14(20)10-11-18/h3-4,8-9,14H,2,5-7,10-13H2,1H3. The average Bonchev–Trinajstić information content (AvgIpc) is 2.88. The zero-order chi connectivity index (χ0) is 14.7. The SMILES string of the molecule is CCn1nc(CN2CCCCC2CCCl)c2ccccc21. The number of halogens is 1. The van der Waals surface area contributed by atoms with E-state index in [-0.39, 0.29) is 0 Å². The second kappa shape index (κ2) is 6.80. The summed E-state index contributed by atoms with van der Waals surface area (Å²) in [5.41, 5.74) is 2.47. The molecule has 4 heteroatoms. The lowest BCUT2D eigenvalue weighted by Gasteiger charge is -2.35. The zero-order valence-electron chi connectivity index (χ0n) is 12.8. The summed E-state index contributed by atoms with van der Waals surface area (Å²) in [5, 5.41) is 6.14. The normalized spacial score (nSPS) is 20.2. The van der Waals surface area contributed by atoms with Gasteiger partial charge in [0, 0.05) is 30.4 Å². The summed E-state index contributed by atoms with van der Waals surface area (Å²) in [6.07, 6.45) is 5.00. The first-order chi connectivity index (χ1) is 10.3. The first-order valence-electron chi connectivity index (χ1n) is 8.08. The van der Waals surface area contributed by atoms with Crippen molar-refractivity contribution in [3.63, 3.8) is 0 Å². The van der Waals surface area contributed by atoms with Gasteiger partial charge in [-0.25, -0.2) is 0 Å². The van der Waals surface area contributed by atoms with Gasteiger partial charge in [-0.1, -0.05) is 24.6 Å². The van der Waals surface area contributed by atoms with Gasteiger partial charge in [-0.15, -0.1) is 11.6 Å². The highest BCUT2D eigenvalue weighted by atomic mass is 35.5. The van der Waals surface area contributed by atoms with Gasteiger partial charge >= 0.3 is 0 Å². The van der Waals surface area contributed by atoms with Crippen molar-refractivity contribution in [3.8, 4) is 0 Å². The van der Waals surface area contributed by atoms with E-state index < -0.39 is 0 Å². The van der Waals surface area contributed by atoms with Crippen LogP contribution < -0.4 is 0 Å². The number of para-hydroxylation sites is 1. The Bertz CT molecular complexity index is 591. The number of hydrogen-bond acceptors (Lipinski definition) is 2. The van der Waals surface area contributed by atoms with Crippen LogP contribution in [0, 0.1) is 0 Å². The molecule has 0 bridgehead atoms. The van der Waals surface area contributed by atoms with Crippen LogP contribution in [0.3, 0.4) is 0 Å². The Morgan fingerprint density at radius 3 is 2.95 bits per heavy atom. The molecule has 1 aliphatic heterocycles. The van der Waals surface area contributed by atoms with Gasteiger partial charge in [-0.2, -0.15) is 5.10 Å². The Morgan fingerprint density at radius 2 is 2.14 bits per heavy atom. The fraction of sp³-hybridized carbons (Fsp3) is 0.588. The molecule has 1 aromatic carbocycles. The first kappa shape index (κ1) is 14.9. The average molecular weight is 306 g/mol. The quantitative estimate of drug-likeness (QED) is 0.777. The number of hydrogen-bond donors (Lipinski definition) is 0. The number of aromatic nitrogens is 2. The van der Waals surface area contributed by atoms with Crippen LogP contribution in [-0.4, -0.2) is 33.1 Å². The van der Waals surface area contributed by atoms with Crippen molar-refractivity contribution in [2.45, 2.75) is 51.7 Å². The van der Waals surface area contributed by atoms with Crippen LogP contribution in [0.2, 0.25) is 0 Å². The summed E-state index contributed by atoms with van der Waals surface area (Å²) in [4.78, 5) is 2.58. The van der Waals surface area contributed by atoms with Crippen molar-refractivity contribution < 1.29 is 0 Å². The van der Waals surface area contributed by atoms with Gasteiger partial charge in [0.2, 0.25) is 0 Å². The molecule has 21 heavy (non-hydrogen) atoms. The molecule has 0 saturated carbocycles. The van der Waals surface area contributed by atoms with Crippen LogP contribution in [0.5, 0.6) is 0 Å². The smallest absolute Gasteiger partial charge is 0.0843 e. The molecule has 1 fully saturated rings. The zero-order valence-corrected chi connectivity index (χ0v) is 13.5. The molecular formula is C17H24ClN3. The molecule has 114 valence electrons. The van der Waals surface area contributed by atoms with Crippen molar-refractivity contribution in [1.29, 1.82) is 0 Å². The summed E-state index contributed by atoms with van der Waals surface area (Å²) in [6, 6.07) is 9.20. The first-order valence-corrected chi connectivity index (χ1v) is 8.61. The molecule has 2 aromatic rings. The van der Waals surface area contributed by atoms with Crippen LogP contribution in [0.4, 0.5) is 0 Å². The maximum atomic E-state index is 5.98. The van der Waals surface area contributed by atoms with Crippen LogP contribution in [-0.2, 0) is 13.1 Å². The van der Waals surface area contributed by atoms with Gasteiger partial charge in [0.05, 0.1) is 11.2 Å². The highest BCUT2D eigenvalue weighted by Gasteiger charge is 2.23. The van der Waals surface area contributed by atoms with E-state index in [0.29, 0.717) is 6.04 Å². The van der Waals surface area contributed by atoms with Crippen LogP contribution >= 0.6 is 11.6 Å². The minimum Gasteiger partial charge on any atom is -0.294 e. The Kier molecular flexibility index (Phi) is 4.81. The Balaban J connectivity index is 1.86. The molecule has 0 aliphatic carbocycles. The molecular weight excluding hydrogens is 282 g/mol. The van der Waals surface area contributed by atoms with E-state index in [1.165, 1.54) is 42.4 Å². The number of nitrogens with zero attached hydrogens (tertiary/aromatic N) is 3. The van der Waals surface area contributed by atoms with Crippen molar-refractivity contribution in [1.82, 2.24) is 14.7 Å². The lowest BCUT2D eigenvalue weighted by atomic mass is 9.99. The van der Waals surface area contributed by atoms with Gasteiger partial charge in [0.1, 0.15) is 0 Å². The van der Waals surface area contributed by atoms with Gasteiger partial charge in [0.25, 0.3) is 0 Å². The van der Waals surface area contributed by atoms with Crippen LogP contribution in [0.25, 0.3) is 10.9 Å². The second-order valence-electron chi connectivity index (χ2n) is 5.88. The number of piperidine rings is 1. The molecule has 3 nitrogen and oxygen atoms in total. The van der Waals surface area contributed by atoms with Crippen LogP contribution in [0.1, 0.15) is 38.3 Å². The third-order valence-corrected chi connectivity index (χ3v) is 4.80. The molecule has 0 spiro atoms. The monoisotopic (exact) mass is 305 g/mol. The lowest BCUT2D eigenvalue weighted by Crippen LogP contribution is -2.39. The van der Waals surface area contributed by atoms with Crippen molar-refractivity contribution in [3.05, 3.63) is 30.0 Å². The molecule has 1 atom stereocenters. The maximum absolute atomic E-state index is 5.98. The van der Waals surface area contributed by atoms with Crippen molar-refractivity contribution in [2.75, 3.05) is 12.4 Å². The summed E-state index contributed by atoms with van der Waals surface area (Å²) in [6.45, 7) is 5.20. The summed E-state index contributed by atoms with van der Waals surface area (Å²) >= 11 is 5.98. The number of rotatable bonds is 5. The van der Waals surface area contributed by atoms with Gasteiger partial charge in [-0.05, 0) is 38.8 Å². The Morgan fingerprint density at radius 1 is 1.29 bits per heavy atom. The number of aryl methyl sites for hydroxylation is 1. The lowest BCUT2D eigenvalue weighted by molar-refractivity contribution is 0.135. The molecule has 1 aromatic heterocycles. The fourth-order valence-electron chi connectivity index (χ4n) is 3.47. The second-order valence-corrected chi connectivity index (χ2v) is 6.26. The van der Waals surface area contributed by atoms with E-state index in [0.717, 1.165) is 25.4 Å². The number of benzene rings is 1. The summed E-state index contributed by atoms with van der Waals surface area (Å²) in [5.74, 6) is 0.755. The molecule has 3 rings (SSSR count). The number of alkyl halides is 1. The van der Waals surface area contributed by atoms with Gasteiger partial charge in [-0.3, -0.25) is 9.58 Å². The molecule has 1 saturated heterocycles. The molecule has 0 N–H and O–H groups in total. The molecule has 0 amide bonds. The summed E-state index contributed by atoms with van der Waals surface area (Å²) < 4.78 is 2.12.